The Bertz CT molecular complexity index is 909. The zero-order valence-corrected chi connectivity index (χ0v) is 14.0. The Hall–Kier alpha value is -2.62. The van der Waals surface area contributed by atoms with Crippen LogP contribution >= 0.6 is 11.3 Å². The molecule has 0 saturated heterocycles. The van der Waals surface area contributed by atoms with Crippen LogP contribution in [0.1, 0.15) is 11.3 Å². The number of anilines is 2. The van der Waals surface area contributed by atoms with Crippen molar-refractivity contribution in [3.63, 3.8) is 0 Å². The zero-order chi connectivity index (χ0) is 18.9. The molecule has 4 nitrogen and oxygen atoms in total. The molecule has 1 N–H and O–H groups in total. The molecule has 10 heteroatoms. The highest BCUT2D eigenvalue weighted by molar-refractivity contribution is 7.13. The Morgan fingerprint density at radius 1 is 1.08 bits per heavy atom. The molecule has 0 spiro atoms. The lowest BCUT2D eigenvalue weighted by Crippen LogP contribution is -2.34. The van der Waals surface area contributed by atoms with Crippen molar-refractivity contribution in [2.45, 2.75) is 19.0 Å². The monoisotopic (exact) mass is 386 g/mol. The highest BCUT2D eigenvalue weighted by atomic mass is 32.1. The first-order valence-electron chi connectivity index (χ1n) is 7.22. The Morgan fingerprint density at radius 3 is 2.50 bits per heavy atom. The summed E-state index contributed by atoms with van der Waals surface area (Å²) < 4.78 is 64.4. The van der Waals surface area contributed by atoms with Crippen LogP contribution in [0.15, 0.2) is 42.2 Å². The van der Waals surface area contributed by atoms with Crippen LogP contribution < -0.4 is 5.32 Å². The lowest BCUT2D eigenvalue weighted by atomic mass is 10.1. The van der Waals surface area contributed by atoms with Crippen LogP contribution in [0, 0.1) is 6.92 Å². The van der Waals surface area contributed by atoms with Gasteiger partial charge in [-0.25, -0.2) is 9.97 Å². The number of benzene rings is 1. The van der Waals surface area contributed by atoms with E-state index in [-0.39, 0.29) is 5.95 Å². The highest BCUT2D eigenvalue weighted by Crippen LogP contribution is 2.43. The molecule has 3 aromatic rings. The molecule has 0 unspecified atom stereocenters. The minimum atomic E-state index is -5.73. The van der Waals surface area contributed by atoms with Gasteiger partial charge in [0.1, 0.15) is 5.69 Å². The van der Waals surface area contributed by atoms with Gasteiger partial charge in [0.25, 0.3) is 0 Å². The quantitative estimate of drug-likeness (QED) is 0.618. The minimum absolute atomic E-state index is 0.354. The van der Waals surface area contributed by atoms with Gasteiger partial charge >= 0.3 is 12.1 Å². The topological polar surface area (TPSA) is 50.7 Å². The predicted octanol–water partition coefficient (Wildman–Crippen LogP) is 5.31. The fraction of sp³-hybridized carbons (Fsp3) is 0.188. The summed E-state index contributed by atoms with van der Waals surface area (Å²) in [6.07, 6.45) is -3.21. The number of alkyl halides is 5. The second-order valence-corrected chi connectivity index (χ2v) is 6.30. The summed E-state index contributed by atoms with van der Waals surface area (Å²) in [6.45, 7) is 1.82. The molecule has 3 rings (SSSR count). The fourth-order valence-electron chi connectivity index (χ4n) is 2.22. The van der Waals surface area contributed by atoms with Gasteiger partial charge in [0.05, 0.1) is 10.4 Å². The first-order chi connectivity index (χ1) is 12.2. The van der Waals surface area contributed by atoms with Crippen molar-refractivity contribution in [1.82, 2.24) is 15.0 Å². The molecule has 26 heavy (non-hydrogen) atoms. The van der Waals surface area contributed by atoms with Crippen molar-refractivity contribution in [2.75, 3.05) is 5.32 Å². The first kappa shape index (κ1) is 18.2. The van der Waals surface area contributed by atoms with E-state index < -0.39 is 17.8 Å². The largest absolute Gasteiger partial charge is 0.459 e. The van der Waals surface area contributed by atoms with E-state index in [4.69, 9.17) is 0 Å². The van der Waals surface area contributed by atoms with Crippen LogP contribution in [0.25, 0.3) is 10.4 Å². The SMILES string of the molecule is Cc1cc(Nc2nccc(C(F)(F)C(F)(F)F)n2)cc(-c2cncs2)c1. The number of hydrogen-bond donors (Lipinski definition) is 1. The smallest absolute Gasteiger partial charge is 0.324 e. The van der Waals surface area contributed by atoms with E-state index in [1.165, 1.54) is 11.3 Å². The molecule has 1 aromatic carbocycles. The molecule has 0 aliphatic rings. The molecule has 2 aromatic heterocycles. The molecule has 0 atom stereocenters. The van der Waals surface area contributed by atoms with Crippen LogP contribution in [0.2, 0.25) is 0 Å². The summed E-state index contributed by atoms with van der Waals surface area (Å²) in [6, 6.07) is 5.84. The van der Waals surface area contributed by atoms with E-state index in [0.29, 0.717) is 11.8 Å². The lowest BCUT2D eigenvalue weighted by molar-refractivity contribution is -0.290. The fourth-order valence-corrected chi connectivity index (χ4v) is 2.83. The summed E-state index contributed by atoms with van der Waals surface area (Å²) >= 11 is 1.41. The summed E-state index contributed by atoms with van der Waals surface area (Å²) in [5, 5.41) is 2.67. The van der Waals surface area contributed by atoms with Crippen molar-refractivity contribution in [3.8, 4) is 10.4 Å². The summed E-state index contributed by atoms with van der Waals surface area (Å²) in [4.78, 5) is 11.9. The zero-order valence-electron chi connectivity index (χ0n) is 13.2. The van der Waals surface area contributed by atoms with E-state index in [2.05, 4.69) is 20.3 Å². The van der Waals surface area contributed by atoms with Gasteiger partial charge in [0, 0.05) is 18.1 Å². The van der Waals surface area contributed by atoms with Gasteiger partial charge in [0.15, 0.2) is 0 Å². The summed E-state index contributed by atoms with van der Waals surface area (Å²) in [5.41, 5.74) is 2.39. The van der Waals surface area contributed by atoms with Gasteiger partial charge in [0.2, 0.25) is 5.95 Å². The maximum Gasteiger partial charge on any atom is 0.459 e. The third kappa shape index (κ3) is 3.64. The minimum Gasteiger partial charge on any atom is -0.324 e. The predicted molar refractivity (Wildman–Crippen MR) is 87.6 cm³/mol. The Balaban J connectivity index is 1.92. The molecule has 0 aliphatic heterocycles. The van der Waals surface area contributed by atoms with E-state index in [1.807, 2.05) is 13.0 Å². The summed E-state index contributed by atoms with van der Waals surface area (Å²) in [5.74, 6) is -5.42. The van der Waals surface area contributed by atoms with Gasteiger partial charge in [-0.05, 0) is 36.2 Å². The van der Waals surface area contributed by atoms with Crippen LogP contribution in [-0.2, 0) is 5.92 Å². The van der Waals surface area contributed by atoms with E-state index >= 15 is 0 Å². The van der Waals surface area contributed by atoms with Gasteiger partial charge in [-0.2, -0.15) is 22.0 Å². The standard InChI is InChI=1S/C16H11F5N4S/c1-9-4-10(12-7-22-8-26-12)6-11(5-9)24-14-23-3-2-13(25-14)15(17,18)16(19,20)21/h2-8H,1H3,(H,23,24,25). The van der Waals surface area contributed by atoms with Gasteiger partial charge in [-0.3, -0.25) is 4.98 Å². The number of hydrogen-bond acceptors (Lipinski definition) is 5. The van der Waals surface area contributed by atoms with E-state index in [1.54, 1.807) is 23.8 Å². The average Bonchev–Trinajstić information content (AvgIpc) is 3.08. The number of thiazole rings is 1. The molecular weight excluding hydrogens is 375 g/mol. The molecule has 0 amide bonds. The Morgan fingerprint density at radius 2 is 1.85 bits per heavy atom. The molecule has 136 valence electrons. The van der Waals surface area contributed by atoms with Crippen LogP contribution in [-0.4, -0.2) is 21.1 Å². The number of rotatable bonds is 4. The van der Waals surface area contributed by atoms with Crippen molar-refractivity contribution >= 4 is 23.0 Å². The van der Waals surface area contributed by atoms with Crippen LogP contribution in [0.4, 0.5) is 33.6 Å². The Labute approximate surface area is 148 Å². The van der Waals surface area contributed by atoms with Crippen molar-refractivity contribution in [1.29, 1.82) is 0 Å². The second kappa shape index (κ2) is 6.60. The number of aryl methyl sites for hydroxylation is 1. The molecule has 0 saturated carbocycles. The number of nitrogens with zero attached hydrogens (tertiary/aromatic N) is 3. The van der Waals surface area contributed by atoms with Gasteiger partial charge in [-0.15, -0.1) is 11.3 Å². The lowest BCUT2D eigenvalue weighted by Gasteiger charge is -2.19. The summed E-state index contributed by atoms with van der Waals surface area (Å²) in [7, 11) is 0. The normalized spacial score (nSPS) is 12.2. The molecular formula is C16H11F5N4S. The number of nitrogens with one attached hydrogen (secondary N) is 1. The average molecular weight is 386 g/mol. The molecule has 0 bridgehead atoms. The molecule has 0 radical (unpaired) electrons. The Kier molecular flexibility index (Phi) is 4.61. The maximum atomic E-state index is 13.4. The second-order valence-electron chi connectivity index (χ2n) is 5.42. The maximum absolute atomic E-state index is 13.4. The van der Waals surface area contributed by atoms with Crippen molar-refractivity contribution in [3.05, 3.63) is 53.4 Å². The van der Waals surface area contributed by atoms with Gasteiger partial charge in [-0.1, -0.05) is 6.07 Å². The molecule has 0 aliphatic carbocycles. The number of aromatic nitrogens is 3. The van der Waals surface area contributed by atoms with Gasteiger partial charge < -0.3 is 5.32 Å². The van der Waals surface area contributed by atoms with Crippen molar-refractivity contribution < 1.29 is 22.0 Å². The third-order valence-corrected chi connectivity index (χ3v) is 4.21. The highest BCUT2D eigenvalue weighted by Gasteiger charge is 2.60. The van der Waals surface area contributed by atoms with Crippen molar-refractivity contribution in [2.24, 2.45) is 0 Å². The molecule has 0 fully saturated rings. The third-order valence-electron chi connectivity index (χ3n) is 3.38. The van der Waals surface area contributed by atoms with E-state index in [9.17, 15) is 22.0 Å². The number of halogens is 5. The first-order valence-corrected chi connectivity index (χ1v) is 8.10. The van der Waals surface area contributed by atoms with Crippen LogP contribution in [0.5, 0.6) is 0 Å². The van der Waals surface area contributed by atoms with E-state index in [0.717, 1.165) is 22.2 Å². The molecule has 2 heterocycles. The van der Waals surface area contributed by atoms with Crippen LogP contribution in [0.3, 0.4) is 0 Å².